The largest absolute Gasteiger partial charge is 0.396 e. The number of aliphatic hydroxyl groups is 5. The smallest absolute Gasteiger partial charge is 0.117 e. The van der Waals surface area contributed by atoms with Gasteiger partial charge in [-0.05, 0) is 161 Å². The first-order chi connectivity index (χ1) is 62.3. The Morgan fingerprint density at radius 3 is 1.66 bits per heavy atom. The zero-order valence-corrected chi connectivity index (χ0v) is 83.2. The first-order valence-corrected chi connectivity index (χ1v) is 50.2. The summed E-state index contributed by atoms with van der Waals surface area (Å²) in [6.45, 7) is 34.1. The van der Waals surface area contributed by atoms with Crippen molar-refractivity contribution in [3.63, 3.8) is 0 Å². The molecule has 15 heterocycles. The number of azide groups is 1. The van der Waals surface area contributed by atoms with Gasteiger partial charge in [0.25, 0.3) is 0 Å². The van der Waals surface area contributed by atoms with Crippen molar-refractivity contribution in [2.75, 3.05) is 58.9 Å². The number of H-pyrrole nitrogens is 1. The monoisotopic (exact) mass is 1950 g/mol. The molecule has 129 heavy (non-hydrogen) atoms. The summed E-state index contributed by atoms with van der Waals surface area (Å²) in [5, 5.41) is 62.6. The number of ether oxygens (including phenoxy) is 1. The molecule has 34 heteroatoms. The molecule has 678 valence electrons. The molecule has 3 aliphatic heterocycles. The maximum absolute atomic E-state index is 10.1. The molecule has 6 N–H and O–H groups in total. The van der Waals surface area contributed by atoms with Gasteiger partial charge in [-0.25, -0.2) is 44.6 Å². The van der Waals surface area contributed by atoms with Crippen molar-refractivity contribution in [3.05, 3.63) is 317 Å². The topological polar surface area (TPSA) is 336 Å². The van der Waals surface area contributed by atoms with Gasteiger partial charge < -0.3 is 49.6 Å². The minimum absolute atomic E-state index is 0.0428. The molecule has 3 aliphatic rings. The second-order valence-corrected chi connectivity index (χ2v) is 39.2. The van der Waals surface area contributed by atoms with Crippen LogP contribution in [0.25, 0.3) is 49.6 Å². The van der Waals surface area contributed by atoms with E-state index in [0.717, 1.165) is 139 Å². The number of likely N-dealkylation sites (N-methyl/N-ethyl adjacent to an activating group) is 2. The van der Waals surface area contributed by atoms with E-state index in [1.54, 1.807) is 95.7 Å². The van der Waals surface area contributed by atoms with E-state index in [1.165, 1.54) is 128 Å². The summed E-state index contributed by atoms with van der Waals surface area (Å²) in [5.74, 6) is 0.0631. The lowest BCUT2D eigenvalue weighted by atomic mass is 9.96. The SMILES string of the molecule is C=Cc1scnc1C.Cc1ccc(C(CO)c2scnc2C)cc1.Cc1ccc(CC(O)c2scnc2C)cc1.Cc1ccc2[nH]c3c(c2c1)CN(C)CC3.Cc1ccc2c(c1)c1c(n2CCc2scnc2C)CCN(C)C1.Cc1ncsc1C(CO)N=[N+]=[N-].Cc1ncsc1C(CO)n1cc(-c2cccnc2)nn1.Cc1ncsc1C(O)CBr.Cc1ncsc1C1CO1. The summed E-state index contributed by atoms with van der Waals surface area (Å²) < 4.78 is 9.34. The summed E-state index contributed by atoms with van der Waals surface area (Å²) in [4.78, 5) is 57.0. The number of rotatable bonds is 20. The van der Waals surface area contributed by atoms with Crippen molar-refractivity contribution >= 4 is 135 Å². The van der Waals surface area contributed by atoms with E-state index in [4.69, 9.17) is 15.4 Å². The maximum atomic E-state index is 10.1. The van der Waals surface area contributed by atoms with E-state index in [2.05, 4.69) is 241 Å². The normalized spacial score (nSPS) is 14.2. The van der Waals surface area contributed by atoms with E-state index >= 15 is 0 Å². The molecule has 4 aromatic carbocycles. The van der Waals surface area contributed by atoms with E-state index in [1.807, 2.05) is 94.9 Å². The van der Waals surface area contributed by atoms with Gasteiger partial charge in [-0.15, -0.1) is 95.8 Å². The van der Waals surface area contributed by atoms with Gasteiger partial charge in [0.2, 0.25) is 0 Å². The predicted octanol–water partition coefficient (Wildman–Crippen LogP) is 21.3. The minimum Gasteiger partial charge on any atom is -0.396 e. The van der Waals surface area contributed by atoms with Crippen LogP contribution in [0.5, 0.6) is 0 Å². The number of nitrogens with zero attached hydrogens (tertiary/aromatic N) is 18. The highest BCUT2D eigenvalue weighted by Crippen LogP contribution is 2.37. The fraction of sp³-hybridized carbons (Fsp3) is 0.358. The van der Waals surface area contributed by atoms with Crippen LogP contribution in [0, 0.1) is 83.1 Å². The molecule has 6 unspecified atom stereocenters. The second kappa shape index (κ2) is 49.7. The van der Waals surface area contributed by atoms with Gasteiger partial charge in [-0.3, -0.25) is 4.98 Å². The lowest BCUT2D eigenvalue weighted by Gasteiger charge is -2.24. The molecule has 0 radical (unpaired) electrons. The molecule has 1 saturated heterocycles. The van der Waals surface area contributed by atoms with Gasteiger partial charge in [0.15, 0.2) is 0 Å². The van der Waals surface area contributed by atoms with Crippen LogP contribution in [0.2, 0.25) is 0 Å². The van der Waals surface area contributed by atoms with E-state index < -0.39 is 18.2 Å². The molecule has 12 aromatic heterocycles. The molecule has 16 aromatic rings. The van der Waals surface area contributed by atoms with Gasteiger partial charge in [0, 0.05) is 145 Å². The number of aliphatic hydroxyl groups excluding tert-OH is 5. The van der Waals surface area contributed by atoms with Crippen LogP contribution in [0.1, 0.15) is 177 Å². The Bertz CT molecular complexity index is 6190. The minimum atomic E-state index is -0.484. The quantitative estimate of drug-likeness (QED) is 0.0136. The highest BCUT2D eigenvalue weighted by atomic mass is 79.9. The van der Waals surface area contributed by atoms with Gasteiger partial charge >= 0.3 is 0 Å². The Morgan fingerprint density at radius 2 is 1.13 bits per heavy atom. The van der Waals surface area contributed by atoms with Crippen molar-refractivity contribution in [2.45, 2.75) is 165 Å². The molecule has 0 spiro atoms. The zero-order chi connectivity index (χ0) is 92.2. The number of aryl methyl sites for hydroxylation is 14. The average Bonchev–Trinajstić information content (AvgIpc) is 1.61. The van der Waals surface area contributed by atoms with Crippen LogP contribution in [0.3, 0.4) is 0 Å². The fourth-order valence-corrected chi connectivity index (χ4v) is 21.5. The van der Waals surface area contributed by atoms with Crippen molar-refractivity contribution in [3.8, 4) is 11.3 Å². The Hall–Kier alpha value is -9.50. The third kappa shape index (κ3) is 27.8. The molecule has 25 nitrogen and oxygen atoms in total. The number of halogens is 1. The predicted molar refractivity (Wildman–Crippen MR) is 533 cm³/mol. The molecular formula is C95H112BrN19O6S8. The maximum Gasteiger partial charge on any atom is 0.117 e. The van der Waals surface area contributed by atoms with Crippen LogP contribution >= 0.6 is 107 Å². The Morgan fingerprint density at radius 1 is 0.589 bits per heavy atom. The Labute approximate surface area is 794 Å². The van der Waals surface area contributed by atoms with Crippen molar-refractivity contribution in [1.82, 2.24) is 79.2 Å². The summed E-state index contributed by atoms with van der Waals surface area (Å²) in [6, 6.07) is 33.2. The number of pyridine rings is 1. The van der Waals surface area contributed by atoms with Crippen molar-refractivity contribution in [2.24, 2.45) is 5.11 Å². The van der Waals surface area contributed by atoms with Crippen LogP contribution < -0.4 is 0 Å². The highest BCUT2D eigenvalue weighted by molar-refractivity contribution is 9.09. The van der Waals surface area contributed by atoms with Crippen LogP contribution in [-0.4, -0.2) is 164 Å². The number of thiazole rings is 8. The summed E-state index contributed by atoms with van der Waals surface area (Å²) in [7, 11) is 4.42. The summed E-state index contributed by atoms with van der Waals surface area (Å²) >= 11 is 15.8. The molecular weight excluding hydrogens is 1840 g/mol. The molecule has 0 aliphatic carbocycles. The summed E-state index contributed by atoms with van der Waals surface area (Å²) in [5.41, 5.74) is 48.5. The third-order valence-electron chi connectivity index (χ3n) is 21.8. The number of fused-ring (bicyclic) bond motifs is 6. The lowest BCUT2D eigenvalue weighted by molar-refractivity contribution is 0.181. The van der Waals surface area contributed by atoms with Gasteiger partial charge in [0.05, 0.1) is 160 Å². The first kappa shape index (κ1) is 100. The number of hydrogen-bond donors (Lipinski definition) is 6. The number of hydrogen-bond acceptors (Lipinski definition) is 28. The number of epoxide rings is 1. The molecule has 19 rings (SSSR count). The second-order valence-electron chi connectivity index (χ2n) is 31.4. The van der Waals surface area contributed by atoms with Crippen LogP contribution in [0.4, 0.5) is 0 Å². The Balaban J connectivity index is 0.000000143. The van der Waals surface area contributed by atoms with Gasteiger partial charge in [0.1, 0.15) is 17.8 Å². The number of aromatic amines is 1. The molecule has 0 bridgehead atoms. The molecule has 0 amide bonds. The Kier molecular flexibility index (Phi) is 38.5. The van der Waals surface area contributed by atoms with Crippen molar-refractivity contribution < 1.29 is 30.3 Å². The fourth-order valence-electron chi connectivity index (χ4n) is 14.5. The number of aromatic nitrogens is 14. The van der Waals surface area contributed by atoms with Crippen molar-refractivity contribution in [1.29, 1.82) is 0 Å². The van der Waals surface area contributed by atoms with Gasteiger partial charge in [-0.2, -0.15) is 0 Å². The van der Waals surface area contributed by atoms with Crippen LogP contribution in [-0.2, 0) is 50.1 Å². The summed E-state index contributed by atoms with van der Waals surface area (Å²) in [6.07, 6.45) is 10.7. The molecule has 6 atom stereocenters. The lowest BCUT2D eigenvalue weighted by Crippen LogP contribution is -2.27. The van der Waals surface area contributed by atoms with E-state index in [9.17, 15) is 20.4 Å². The number of alkyl halides is 1. The average molecular weight is 1950 g/mol. The number of nitrogens with one attached hydrogen (secondary N) is 1. The van der Waals surface area contributed by atoms with Gasteiger partial charge in [-0.1, -0.05) is 122 Å². The molecule has 0 saturated carbocycles. The van der Waals surface area contributed by atoms with E-state index in [0.29, 0.717) is 17.9 Å². The molecule has 1 fully saturated rings. The van der Waals surface area contributed by atoms with Crippen LogP contribution in [0.15, 0.2) is 171 Å². The zero-order valence-electron chi connectivity index (χ0n) is 75.1. The number of benzene rings is 4. The van der Waals surface area contributed by atoms with E-state index in [-0.39, 0.29) is 31.8 Å². The highest BCUT2D eigenvalue weighted by Gasteiger charge is 2.29. The first-order valence-electron chi connectivity index (χ1n) is 42.1. The standard InChI is InChI=1S/C19H23N3S.C13H13N5OS.C13H16N2.2C13H15NOS.C6H8BrNOS.C6H8N4OS.C6H7NOS.C6H7NS/c1-13-4-5-17-15(10-13)16-11-21(3)8-6-18(16)22(17)9-7-19-14(2)20-12-23-19;1-9-13(20-8-15-9)12(7-19)18-6-11(16-17-18)10-3-2-4-14-5-10;1-9-3-4-12-10(7-9)11-8-15(2)6-5-13(11)14-12;1-9-3-5-11(6-4-9)12(7-15)13-10(2)14-8-16-13;1-9-3-5-11(6-4-9)7-12(15)13-10(2)14-8-16-13;1-4-6(5(9)2-7)10-3-8-4;1-4-6(12-3-8-4)5(2-11)9-10-7;1-4-6(5-2-8-5)9-3-7-4;1-3-6-5(2)7-4-8-6/h4-5,10,12H,6-9,11H2,1-3H3;2-6,8,12,19H,7H2,1H3;3-4,7,14H,5-6,8H2,1-2H3;2*3-6,8,12,15H,7H2,1-2H3;3,5,9H,2H2,1H3;3,5,11H,2H2,1H3;3,5H,2H2,1H3;3-4H,1H2,2H3. The third-order valence-corrected chi connectivity index (χ3v) is 30.6.